The first-order valence-electron chi connectivity index (χ1n) is 5.82. The first kappa shape index (κ1) is 13.7. The third-order valence-corrected chi connectivity index (χ3v) is 3.05. The predicted molar refractivity (Wildman–Crippen MR) is 65.8 cm³/mol. The van der Waals surface area contributed by atoms with E-state index in [0.717, 1.165) is 17.7 Å². The summed E-state index contributed by atoms with van der Waals surface area (Å²) < 4.78 is 43.4. The average molecular weight is 269 g/mol. The molecule has 5 heteroatoms. The molecule has 0 saturated heterocycles. The lowest BCUT2D eigenvalue weighted by atomic mass is 9.97. The first-order chi connectivity index (χ1) is 8.93. The van der Waals surface area contributed by atoms with E-state index < -0.39 is 11.7 Å². The molecule has 2 nitrogen and oxygen atoms in total. The first-order valence-corrected chi connectivity index (χ1v) is 5.82. The van der Waals surface area contributed by atoms with Gasteiger partial charge in [-0.1, -0.05) is 12.1 Å². The van der Waals surface area contributed by atoms with Crippen molar-refractivity contribution < 1.29 is 17.6 Å². The predicted octanol–water partition coefficient (Wildman–Crippen LogP) is 3.92. The maximum Gasteiger partial charge on any atom is 0.416 e. The Labute approximate surface area is 109 Å². The fraction of sp³-hybridized carbons (Fsp3) is 0.286. The van der Waals surface area contributed by atoms with Crippen LogP contribution in [0.5, 0.6) is 0 Å². The Morgan fingerprint density at radius 3 is 2.47 bits per heavy atom. The molecule has 102 valence electrons. The summed E-state index contributed by atoms with van der Waals surface area (Å²) in [5.74, 6) is 0.691. The van der Waals surface area contributed by atoms with E-state index in [1.54, 1.807) is 26.1 Å². The van der Waals surface area contributed by atoms with Crippen LogP contribution < -0.4 is 5.32 Å². The van der Waals surface area contributed by atoms with Crippen LogP contribution in [0.3, 0.4) is 0 Å². The second kappa shape index (κ2) is 5.09. The number of benzene rings is 1. The van der Waals surface area contributed by atoms with E-state index in [9.17, 15) is 13.2 Å². The van der Waals surface area contributed by atoms with Gasteiger partial charge in [0.05, 0.1) is 17.9 Å². The SMILES string of the molecule is CNC(c1cccc(C(F)(F)F)c1)c1ccoc1C. The van der Waals surface area contributed by atoms with Crippen molar-refractivity contribution >= 4 is 0 Å². The summed E-state index contributed by atoms with van der Waals surface area (Å²) in [5.41, 5.74) is 0.745. The highest BCUT2D eigenvalue weighted by Gasteiger charge is 2.31. The van der Waals surface area contributed by atoms with Crippen LogP contribution in [0.1, 0.15) is 28.5 Å². The number of hydrogen-bond donors (Lipinski definition) is 1. The molecule has 1 N–H and O–H groups in total. The highest BCUT2D eigenvalue weighted by molar-refractivity contribution is 5.36. The molecule has 1 unspecified atom stereocenters. The van der Waals surface area contributed by atoms with Gasteiger partial charge in [-0.15, -0.1) is 0 Å². The molecule has 1 aromatic heterocycles. The van der Waals surface area contributed by atoms with Gasteiger partial charge in [0, 0.05) is 5.56 Å². The molecule has 0 aliphatic heterocycles. The fourth-order valence-electron chi connectivity index (χ4n) is 2.09. The molecule has 0 aliphatic carbocycles. The molecule has 2 rings (SSSR count). The molecule has 0 saturated carbocycles. The summed E-state index contributed by atoms with van der Waals surface area (Å²) in [4.78, 5) is 0. The molecule has 0 radical (unpaired) electrons. The Morgan fingerprint density at radius 2 is 1.95 bits per heavy atom. The summed E-state index contributed by atoms with van der Waals surface area (Å²) in [6.07, 6.45) is -2.80. The molecule has 0 fully saturated rings. The zero-order valence-electron chi connectivity index (χ0n) is 10.6. The number of nitrogens with one attached hydrogen (secondary N) is 1. The van der Waals surface area contributed by atoms with Crippen molar-refractivity contribution in [2.45, 2.75) is 19.1 Å². The lowest BCUT2D eigenvalue weighted by Crippen LogP contribution is -2.18. The van der Waals surface area contributed by atoms with Crippen LogP contribution in [-0.4, -0.2) is 7.05 Å². The number of aryl methyl sites for hydroxylation is 1. The molecular formula is C14H14F3NO. The number of furan rings is 1. The molecular weight excluding hydrogens is 255 g/mol. The van der Waals surface area contributed by atoms with E-state index in [2.05, 4.69) is 5.32 Å². The van der Waals surface area contributed by atoms with E-state index in [1.165, 1.54) is 12.3 Å². The van der Waals surface area contributed by atoms with Crippen LogP contribution in [0.25, 0.3) is 0 Å². The molecule has 0 spiro atoms. The number of halogens is 3. The Bertz CT molecular complexity index is 560. The zero-order chi connectivity index (χ0) is 14.0. The molecule has 2 aromatic rings. The van der Waals surface area contributed by atoms with Crippen LogP contribution in [0.15, 0.2) is 41.0 Å². The van der Waals surface area contributed by atoms with Gasteiger partial charge in [0.15, 0.2) is 0 Å². The second-order valence-electron chi connectivity index (χ2n) is 4.28. The Hall–Kier alpha value is -1.75. The van der Waals surface area contributed by atoms with Crippen molar-refractivity contribution in [2.24, 2.45) is 0 Å². The van der Waals surface area contributed by atoms with Gasteiger partial charge in [-0.2, -0.15) is 13.2 Å². The van der Waals surface area contributed by atoms with E-state index in [4.69, 9.17) is 4.42 Å². The topological polar surface area (TPSA) is 25.2 Å². The van der Waals surface area contributed by atoms with Crippen molar-refractivity contribution in [3.05, 3.63) is 59.0 Å². The van der Waals surface area contributed by atoms with E-state index in [0.29, 0.717) is 11.3 Å². The average Bonchev–Trinajstić information content (AvgIpc) is 2.76. The molecule has 0 bridgehead atoms. The highest BCUT2D eigenvalue weighted by atomic mass is 19.4. The monoisotopic (exact) mass is 269 g/mol. The minimum absolute atomic E-state index is 0.318. The largest absolute Gasteiger partial charge is 0.469 e. The van der Waals surface area contributed by atoms with Gasteiger partial charge in [0.25, 0.3) is 0 Å². The normalized spacial score (nSPS) is 13.5. The minimum atomic E-state index is -4.33. The van der Waals surface area contributed by atoms with Gasteiger partial charge in [-0.25, -0.2) is 0 Å². The summed E-state index contributed by atoms with van der Waals surface area (Å²) in [6.45, 7) is 1.79. The van der Waals surface area contributed by atoms with Crippen LogP contribution in [-0.2, 0) is 6.18 Å². The maximum atomic E-state index is 12.7. The lowest BCUT2D eigenvalue weighted by molar-refractivity contribution is -0.137. The highest BCUT2D eigenvalue weighted by Crippen LogP contribution is 2.32. The molecule has 0 amide bonds. The fourth-order valence-corrected chi connectivity index (χ4v) is 2.09. The second-order valence-corrected chi connectivity index (χ2v) is 4.28. The quantitative estimate of drug-likeness (QED) is 0.913. The maximum absolute atomic E-state index is 12.7. The van der Waals surface area contributed by atoms with Crippen LogP contribution in [0.2, 0.25) is 0 Å². The Morgan fingerprint density at radius 1 is 1.21 bits per heavy atom. The number of alkyl halides is 3. The van der Waals surface area contributed by atoms with Crippen LogP contribution in [0.4, 0.5) is 13.2 Å². The summed E-state index contributed by atoms with van der Waals surface area (Å²) in [6, 6.07) is 6.75. The van der Waals surface area contributed by atoms with Gasteiger partial charge in [0.1, 0.15) is 5.76 Å². The van der Waals surface area contributed by atoms with E-state index in [-0.39, 0.29) is 6.04 Å². The number of hydrogen-bond acceptors (Lipinski definition) is 2. The molecule has 1 heterocycles. The minimum Gasteiger partial charge on any atom is -0.469 e. The summed E-state index contributed by atoms with van der Waals surface area (Å²) in [7, 11) is 1.71. The third-order valence-electron chi connectivity index (χ3n) is 3.05. The Balaban J connectivity index is 2.42. The van der Waals surface area contributed by atoms with Gasteiger partial charge >= 0.3 is 6.18 Å². The van der Waals surface area contributed by atoms with E-state index in [1.807, 2.05) is 0 Å². The summed E-state index contributed by atoms with van der Waals surface area (Å²) in [5, 5.41) is 3.01. The zero-order valence-corrected chi connectivity index (χ0v) is 10.6. The molecule has 0 aliphatic rings. The third kappa shape index (κ3) is 2.81. The van der Waals surface area contributed by atoms with Crippen molar-refractivity contribution in [3.8, 4) is 0 Å². The molecule has 1 atom stereocenters. The van der Waals surface area contributed by atoms with Gasteiger partial charge in [-0.05, 0) is 37.7 Å². The van der Waals surface area contributed by atoms with Crippen LogP contribution >= 0.6 is 0 Å². The van der Waals surface area contributed by atoms with Gasteiger partial charge in [0.2, 0.25) is 0 Å². The smallest absolute Gasteiger partial charge is 0.416 e. The molecule has 1 aromatic carbocycles. The van der Waals surface area contributed by atoms with E-state index >= 15 is 0 Å². The Kier molecular flexibility index (Phi) is 3.66. The standard InChI is InChI=1S/C14H14F3NO/c1-9-12(6-7-19-9)13(18-2)10-4-3-5-11(8-10)14(15,16)17/h3-8,13,18H,1-2H3. The van der Waals surface area contributed by atoms with Gasteiger partial charge < -0.3 is 9.73 Å². The lowest BCUT2D eigenvalue weighted by Gasteiger charge is -2.17. The number of rotatable bonds is 3. The van der Waals surface area contributed by atoms with Crippen molar-refractivity contribution in [3.63, 3.8) is 0 Å². The van der Waals surface area contributed by atoms with Crippen molar-refractivity contribution in [1.29, 1.82) is 0 Å². The summed E-state index contributed by atoms with van der Waals surface area (Å²) >= 11 is 0. The van der Waals surface area contributed by atoms with Crippen molar-refractivity contribution in [1.82, 2.24) is 5.32 Å². The van der Waals surface area contributed by atoms with Crippen LogP contribution in [0, 0.1) is 6.92 Å². The van der Waals surface area contributed by atoms with Gasteiger partial charge in [-0.3, -0.25) is 0 Å². The van der Waals surface area contributed by atoms with Crippen molar-refractivity contribution in [2.75, 3.05) is 7.05 Å². The molecule has 19 heavy (non-hydrogen) atoms.